The van der Waals surface area contributed by atoms with E-state index in [4.69, 9.17) is 26.1 Å². The highest BCUT2D eigenvalue weighted by atomic mass is 35.5. The second-order valence-corrected chi connectivity index (χ2v) is 11.1. The Morgan fingerprint density at radius 3 is 2.62 bits per heavy atom. The minimum absolute atomic E-state index is 0.0425. The van der Waals surface area contributed by atoms with E-state index in [1.807, 2.05) is 32.9 Å². The minimum Gasteiger partial charge on any atom is -0.495 e. The molecule has 0 spiro atoms. The fourth-order valence-corrected chi connectivity index (χ4v) is 4.60. The van der Waals surface area contributed by atoms with Crippen molar-refractivity contribution in [1.29, 1.82) is 0 Å². The van der Waals surface area contributed by atoms with Gasteiger partial charge in [0.2, 0.25) is 5.95 Å². The van der Waals surface area contributed by atoms with E-state index in [1.54, 1.807) is 22.9 Å². The number of hydrogen-bond donors (Lipinski definition) is 2. The molecule has 0 atom stereocenters. The maximum absolute atomic E-state index is 12.4. The van der Waals surface area contributed by atoms with Crippen molar-refractivity contribution in [2.75, 3.05) is 44.5 Å². The Morgan fingerprint density at radius 1 is 1.19 bits per heavy atom. The van der Waals surface area contributed by atoms with E-state index in [1.165, 1.54) is 7.11 Å². The molecule has 4 rings (SSSR count). The summed E-state index contributed by atoms with van der Waals surface area (Å²) in [5.41, 5.74) is 3.00. The molecule has 1 aliphatic rings. The van der Waals surface area contributed by atoms with E-state index in [9.17, 15) is 9.59 Å². The quantitative estimate of drug-likeness (QED) is 0.308. The van der Waals surface area contributed by atoms with Crippen LogP contribution in [-0.4, -0.2) is 81.3 Å². The second kappa shape index (κ2) is 13.2. The highest BCUT2D eigenvalue weighted by Gasteiger charge is 2.25. The normalized spacial score (nSPS) is 13.5. The van der Waals surface area contributed by atoms with Crippen molar-refractivity contribution in [2.24, 2.45) is 0 Å². The summed E-state index contributed by atoms with van der Waals surface area (Å²) in [6, 6.07) is 1.93. The molecule has 0 radical (unpaired) electrons. The minimum atomic E-state index is -0.697. The molecular weight excluding hydrogens is 564 g/mol. The van der Waals surface area contributed by atoms with Crippen molar-refractivity contribution in [3.63, 3.8) is 0 Å². The lowest BCUT2D eigenvalue weighted by atomic mass is 10.0. The summed E-state index contributed by atoms with van der Waals surface area (Å²) in [6.45, 7) is 9.53. The maximum atomic E-state index is 12.4. The number of anilines is 2. The van der Waals surface area contributed by atoms with Gasteiger partial charge in [0.25, 0.3) is 0 Å². The van der Waals surface area contributed by atoms with Crippen LogP contribution < -0.4 is 15.4 Å². The zero-order valence-corrected chi connectivity index (χ0v) is 25.5. The van der Waals surface area contributed by atoms with Crippen LogP contribution >= 0.6 is 11.6 Å². The van der Waals surface area contributed by atoms with Gasteiger partial charge in [-0.25, -0.2) is 14.6 Å². The van der Waals surface area contributed by atoms with Gasteiger partial charge in [-0.3, -0.25) is 15.0 Å². The van der Waals surface area contributed by atoms with Gasteiger partial charge in [-0.15, -0.1) is 0 Å². The average Bonchev–Trinajstić information content (AvgIpc) is 3.27. The first-order valence-corrected chi connectivity index (χ1v) is 14.1. The van der Waals surface area contributed by atoms with E-state index >= 15 is 0 Å². The Kier molecular flexibility index (Phi) is 9.71. The fraction of sp³-hybridized carbons (Fsp3) is 0.500. The third-order valence-electron chi connectivity index (χ3n) is 6.45. The first-order valence-electron chi connectivity index (χ1n) is 13.8. The molecule has 2 N–H and O–H groups in total. The fourth-order valence-electron chi connectivity index (χ4n) is 4.38. The van der Waals surface area contributed by atoms with Crippen LogP contribution in [0.2, 0.25) is 5.15 Å². The lowest BCUT2D eigenvalue weighted by molar-refractivity contribution is 0.0270. The van der Waals surface area contributed by atoms with E-state index in [2.05, 4.69) is 37.4 Å². The molecule has 3 aromatic rings. The highest BCUT2D eigenvalue weighted by molar-refractivity contribution is 6.34. The Balaban J connectivity index is 1.60. The first kappa shape index (κ1) is 30.8. The molecule has 0 aliphatic carbocycles. The van der Waals surface area contributed by atoms with Crippen molar-refractivity contribution in [1.82, 2.24) is 29.6 Å². The molecule has 0 bridgehead atoms. The SMILES string of the molecule is CCCCNc1nc(NC(=O)OC)nc2c(Cl)nn(Cc3ncc(C4=CCN(C(=O)OC(C)(C)C)CC4)cc3OC)c12. The number of nitrogens with one attached hydrogen (secondary N) is 2. The van der Waals surface area contributed by atoms with Gasteiger partial charge in [-0.2, -0.15) is 10.1 Å². The largest absolute Gasteiger partial charge is 0.495 e. The molecule has 2 amide bonds. The zero-order valence-electron chi connectivity index (χ0n) is 24.8. The van der Waals surface area contributed by atoms with Gasteiger partial charge in [0.1, 0.15) is 28.1 Å². The zero-order chi connectivity index (χ0) is 30.4. The van der Waals surface area contributed by atoms with Gasteiger partial charge >= 0.3 is 12.2 Å². The number of unbranched alkanes of at least 4 members (excludes halogenated alkanes) is 1. The molecule has 0 aromatic carbocycles. The number of nitrogens with zero attached hydrogens (tertiary/aromatic N) is 6. The van der Waals surface area contributed by atoms with Crippen LogP contribution in [0.5, 0.6) is 5.75 Å². The Labute approximate surface area is 249 Å². The molecule has 13 nitrogen and oxygen atoms in total. The van der Waals surface area contributed by atoms with E-state index < -0.39 is 11.7 Å². The van der Waals surface area contributed by atoms with Crippen molar-refractivity contribution in [3.8, 4) is 5.75 Å². The highest BCUT2D eigenvalue weighted by Crippen LogP contribution is 2.31. The predicted molar refractivity (Wildman–Crippen MR) is 160 cm³/mol. The summed E-state index contributed by atoms with van der Waals surface area (Å²) in [5.74, 6) is 1.09. The van der Waals surface area contributed by atoms with Gasteiger partial charge in [-0.05, 0) is 50.8 Å². The smallest absolute Gasteiger partial charge is 0.413 e. The summed E-state index contributed by atoms with van der Waals surface area (Å²) in [6.07, 6.45) is 5.33. The summed E-state index contributed by atoms with van der Waals surface area (Å²) >= 11 is 6.50. The Morgan fingerprint density at radius 2 is 1.98 bits per heavy atom. The molecule has 3 aromatic heterocycles. The molecule has 0 saturated heterocycles. The van der Waals surface area contributed by atoms with Crippen LogP contribution in [0.3, 0.4) is 0 Å². The van der Waals surface area contributed by atoms with Gasteiger partial charge < -0.3 is 24.4 Å². The predicted octanol–water partition coefficient (Wildman–Crippen LogP) is 5.35. The van der Waals surface area contributed by atoms with Gasteiger partial charge in [0.15, 0.2) is 11.0 Å². The molecular formula is C28H37ClN8O5. The lowest BCUT2D eigenvalue weighted by Gasteiger charge is -2.29. The molecule has 0 unspecified atom stereocenters. The number of carbonyl (C=O) groups is 2. The number of hydrogen-bond acceptors (Lipinski definition) is 10. The number of fused-ring (bicyclic) bond motifs is 1. The monoisotopic (exact) mass is 600 g/mol. The average molecular weight is 601 g/mol. The van der Waals surface area contributed by atoms with Crippen LogP contribution in [-0.2, 0) is 16.0 Å². The van der Waals surface area contributed by atoms with Crippen LogP contribution in [0.1, 0.15) is 58.2 Å². The second-order valence-electron chi connectivity index (χ2n) is 10.7. The number of aromatic nitrogens is 5. The number of pyridine rings is 1. The van der Waals surface area contributed by atoms with Gasteiger partial charge in [0.05, 0.1) is 20.8 Å². The summed E-state index contributed by atoms with van der Waals surface area (Å²) in [5, 5.41) is 10.4. The summed E-state index contributed by atoms with van der Waals surface area (Å²) < 4.78 is 17.5. The first-order chi connectivity index (χ1) is 20.0. The number of carbonyl (C=O) groups excluding carboxylic acids is 2. The number of ether oxygens (including phenoxy) is 3. The third-order valence-corrected chi connectivity index (χ3v) is 6.70. The Bertz CT molecular complexity index is 1480. The number of halogens is 1. The van der Waals surface area contributed by atoms with Crippen LogP contribution in [0.25, 0.3) is 16.6 Å². The molecule has 1 aliphatic heterocycles. The third kappa shape index (κ3) is 7.38. The molecule has 14 heteroatoms. The molecule has 226 valence electrons. The van der Waals surface area contributed by atoms with Crippen LogP contribution in [0.15, 0.2) is 18.3 Å². The standard InChI is InChI=1S/C28H37ClN8O5/c1-7-8-11-30-24-22-21(32-25(33-24)34-26(38)41-6)23(29)35-37(22)16-19-20(40-5)14-18(15-31-19)17-9-12-36(13-10-17)27(39)42-28(2,3)4/h9,14-15H,7-8,10-13,16H2,1-6H3,(H2,30,32,33,34,38). The molecule has 4 heterocycles. The Hall–Kier alpha value is -4.13. The van der Waals surface area contributed by atoms with Gasteiger partial charge in [-0.1, -0.05) is 31.0 Å². The summed E-state index contributed by atoms with van der Waals surface area (Å²) in [7, 11) is 2.85. The number of amides is 2. The maximum Gasteiger partial charge on any atom is 0.413 e. The topological polar surface area (TPSA) is 146 Å². The molecule has 42 heavy (non-hydrogen) atoms. The number of rotatable bonds is 9. The van der Waals surface area contributed by atoms with Crippen LogP contribution in [0, 0.1) is 0 Å². The van der Waals surface area contributed by atoms with E-state index in [0.29, 0.717) is 54.3 Å². The van der Waals surface area contributed by atoms with Crippen molar-refractivity contribution < 1.29 is 23.8 Å². The van der Waals surface area contributed by atoms with Gasteiger partial charge in [0, 0.05) is 25.8 Å². The molecule has 0 fully saturated rings. The van der Waals surface area contributed by atoms with Crippen molar-refractivity contribution in [2.45, 2.75) is 59.1 Å². The van der Waals surface area contributed by atoms with E-state index in [-0.39, 0.29) is 23.7 Å². The molecule has 0 saturated carbocycles. The number of methoxy groups -OCH3 is 2. The van der Waals surface area contributed by atoms with Crippen molar-refractivity contribution >= 4 is 52.2 Å². The van der Waals surface area contributed by atoms with Crippen molar-refractivity contribution in [3.05, 3.63) is 34.7 Å². The summed E-state index contributed by atoms with van der Waals surface area (Å²) in [4.78, 5) is 39.5. The lowest BCUT2D eigenvalue weighted by Crippen LogP contribution is -2.39. The van der Waals surface area contributed by atoms with Crippen LogP contribution in [0.4, 0.5) is 21.4 Å². The van der Waals surface area contributed by atoms with E-state index in [0.717, 1.165) is 24.0 Å².